The summed E-state index contributed by atoms with van der Waals surface area (Å²) in [6.07, 6.45) is 4.49. The summed E-state index contributed by atoms with van der Waals surface area (Å²) in [6.45, 7) is 8.87. The molecule has 0 aromatic carbocycles. The third-order valence-corrected chi connectivity index (χ3v) is 3.31. The first-order valence-corrected chi connectivity index (χ1v) is 6.24. The Morgan fingerprint density at radius 2 is 2.19 bits per heavy atom. The largest absolute Gasteiger partial charge is 0.468 e. The van der Waals surface area contributed by atoms with Crippen molar-refractivity contribution in [3.63, 3.8) is 0 Å². The monoisotopic (exact) mass is 222 g/mol. The van der Waals surface area contributed by atoms with Gasteiger partial charge in [-0.2, -0.15) is 0 Å². The molecular formula is C13H22N2O. The van der Waals surface area contributed by atoms with Gasteiger partial charge in [-0.15, -0.1) is 0 Å². The van der Waals surface area contributed by atoms with Crippen LogP contribution >= 0.6 is 0 Å². The quantitative estimate of drug-likeness (QED) is 0.827. The molecule has 0 spiro atoms. The zero-order valence-corrected chi connectivity index (χ0v) is 10.3. The van der Waals surface area contributed by atoms with Gasteiger partial charge in [-0.25, -0.2) is 0 Å². The van der Waals surface area contributed by atoms with Gasteiger partial charge in [0.1, 0.15) is 5.76 Å². The Morgan fingerprint density at radius 3 is 2.81 bits per heavy atom. The Bertz CT molecular complexity index is 315. The van der Waals surface area contributed by atoms with Crippen LogP contribution in [0, 0.1) is 6.92 Å². The minimum Gasteiger partial charge on any atom is -0.468 e. The molecule has 1 aliphatic heterocycles. The van der Waals surface area contributed by atoms with Crippen LogP contribution in [0.5, 0.6) is 0 Å². The Kier molecular flexibility index (Phi) is 4.02. The molecule has 1 N–H and O–H groups in total. The van der Waals surface area contributed by atoms with E-state index in [9.17, 15) is 0 Å². The van der Waals surface area contributed by atoms with Crippen LogP contribution in [0.3, 0.4) is 0 Å². The molecule has 1 aromatic rings. The lowest BCUT2D eigenvalue weighted by molar-refractivity contribution is 0.294. The highest BCUT2D eigenvalue weighted by molar-refractivity contribution is 5.14. The second-order valence-electron chi connectivity index (χ2n) is 4.82. The highest BCUT2D eigenvalue weighted by atomic mass is 16.3. The normalized spacial score (nSPS) is 19.1. The number of nitrogens with zero attached hydrogens (tertiary/aromatic N) is 1. The fourth-order valence-electron chi connectivity index (χ4n) is 2.27. The van der Waals surface area contributed by atoms with Crippen molar-refractivity contribution in [3.8, 4) is 0 Å². The maximum Gasteiger partial charge on any atom is 0.120 e. The minimum atomic E-state index is 0.530. The smallest absolute Gasteiger partial charge is 0.120 e. The minimum absolute atomic E-state index is 0.530. The molecule has 16 heavy (non-hydrogen) atoms. The Balaban J connectivity index is 1.71. The second kappa shape index (κ2) is 5.51. The molecule has 1 aliphatic rings. The average molecular weight is 222 g/mol. The van der Waals surface area contributed by atoms with Gasteiger partial charge in [0.05, 0.1) is 12.8 Å². The summed E-state index contributed by atoms with van der Waals surface area (Å²) in [5.74, 6) is 1.06. The third-order valence-electron chi connectivity index (χ3n) is 3.31. The Labute approximate surface area is 97.8 Å². The van der Waals surface area contributed by atoms with Gasteiger partial charge in [0.25, 0.3) is 0 Å². The summed E-state index contributed by atoms with van der Waals surface area (Å²) < 4.78 is 5.41. The van der Waals surface area contributed by atoms with Crippen molar-refractivity contribution in [1.29, 1.82) is 0 Å². The zero-order chi connectivity index (χ0) is 11.4. The van der Waals surface area contributed by atoms with Crippen molar-refractivity contribution in [2.45, 2.75) is 39.3 Å². The van der Waals surface area contributed by atoms with Crippen LogP contribution in [0.4, 0.5) is 0 Å². The fraction of sp³-hybridized carbons (Fsp3) is 0.692. The van der Waals surface area contributed by atoms with Crippen LogP contribution < -0.4 is 5.32 Å². The van der Waals surface area contributed by atoms with Gasteiger partial charge in [0.2, 0.25) is 0 Å². The number of rotatable bonds is 5. The van der Waals surface area contributed by atoms with Gasteiger partial charge in [0.15, 0.2) is 0 Å². The van der Waals surface area contributed by atoms with Crippen LogP contribution in [-0.4, -0.2) is 30.6 Å². The van der Waals surface area contributed by atoms with Crippen LogP contribution in [0.25, 0.3) is 0 Å². The molecule has 0 saturated carbocycles. The van der Waals surface area contributed by atoms with Crippen LogP contribution in [-0.2, 0) is 6.54 Å². The van der Waals surface area contributed by atoms with E-state index < -0.39 is 0 Å². The van der Waals surface area contributed by atoms with Gasteiger partial charge in [-0.3, -0.25) is 0 Å². The second-order valence-corrected chi connectivity index (χ2v) is 4.82. The molecule has 1 unspecified atom stereocenters. The lowest BCUT2D eigenvalue weighted by Gasteiger charge is -2.20. The van der Waals surface area contributed by atoms with Gasteiger partial charge < -0.3 is 14.6 Å². The number of hydrogen-bond acceptors (Lipinski definition) is 3. The summed E-state index contributed by atoms with van der Waals surface area (Å²) in [6, 6.07) is 2.55. The highest BCUT2D eigenvalue weighted by Crippen LogP contribution is 2.10. The topological polar surface area (TPSA) is 28.4 Å². The molecule has 90 valence electrons. The van der Waals surface area contributed by atoms with E-state index in [1.807, 2.05) is 6.07 Å². The molecule has 1 saturated heterocycles. The number of likely N-dealkylation sites (tertiary alicyclic amines) is 1. The molecule has 3 nitrogen and oxygen atoms in total. The standard InChI is InChI=1S/C13H22N2O/c1-11-5-8-16-13(11)9-14-12(2)10-15-6-3-4-7-15/h5,8,12,14H,3-4,6-7,9-10H2,1-2H3. The van der Waals surface area contributed by atoms with E-state index in [2.05, 4.69) is 24.1 Å². The summed E-state index contributed by atoms with van der Waals surface area (Å²) >= 11 is 0. The van der Waals surface area contributed by atoms with Crippen molar-refractivity contribution in [3.05, 3.63) is 23.7 Å². The zero-order valence-electron chi connectivity index (χ0n) is 10.3. The molecule has 2 rings (SSSR count). The Morgan fingerprint density at radius 1 is 1.44 bits per heavy atom. The van der Waals surface area contributed by atoms with Crippen molar-refractivity contribution in [1.82, 2.24) is 10.2 Å². The summed E-state index contributed by atoms with van der Waals surface area (Å²) in [4.78, 5) is 2.53. The molecule has 1 atom stereocenters. The van der Waals surface area contributed by atoms with E-state index >= 15 is 0 Å². The molecule has 3 heteroatoms. The molecule has 1 fully saturated rings. The average Bonchev–Trinajstić information content (AvgIpc) is 2.87. The predicted octanol–water partition coefficient (Wildman–Crippen LogP) is 2.16. The van der Waals surface area contributed by atoms with Crippen LogP contribution in [0.1, 0.15) is 31.1 Å². The lowest BCUT2D eigenvalue weighted by atomic mass is 10.2. The predicted molar refractivity (Wildman–Crippen MR) is 65.4 cm³/mol. The van der Waals surface area contributed by atoms with Gasteiger partial charge in [-0.1, -0.05) is 0 Å². The summed E-state index contributed by atoms with van der Waals surface area (Å²) in [5, 5.41) is 3.52. The molecule has 1 aromatic heterocycles. The van der Waals surface area contributed by atoms with Crippen LogP contribution in [0.15, 0.2) is 16.7 Å². The number of furan rings is 1. The lowest BCUT2D eigenvalue weighted by Crippen LogP contribution is -2.37. The Hall–Kier alpha value is -0.800. The molecule has 0 bridgehead atoms. The van der Waals surface area contributed by atoms with E-state index in [0.29, 0.717) is 6.04 Å². The molecule has 2 heterocycles. The van der Waals surface area contributed by atoms with Crippen molar-refractivity contribution >= 4 is 0 Å². The maximum absolute atomic E-state index is 5.41. The van der Waals surface area contributed by atoms with Gasteiger partial charge in [0, 0.05) is 12.6 Å². The third kappa shape index (κ3) is 3.09. The number of nitrogens with one attached hydrogen (secondary N) is 1. The van der Waals surface area contributed by atoms with Crippen molar-refractivity contribution < 1.29 is 4.42 Å². The van der Waals surface area contributed by atoms with E-state index in [-0.39, 0.29) is 0 Å². The molecule has 0 aliphatic carbocycles. The fourth-order valence-corrected chi connectivity index (χ4v) is 2.27. The summed E-state index contributed by atoms with van der Waals surface area (Å²) in [5.41, 5.74) is 1.24. The SMILES string of the molecule is Cc1ccoc1CNC(C)CN1CCCC1. The first-order valence-electron chi connectivity index (χ1n) is 6.24. The van der Waals surface area contributed by atoms with Crippen molar-refractivity contribution in [2.75, 3.05) is 19.6 Å². The number of aryl methyl sites for hydroxylation is 1. The van der Waals surface area contributed by atoms with Gasteiger partial charge >= 0.3 is 0 Å². The van der Waals surface area contributed by atoms with E-state index in [0.717, 1.165) is 18.8 Å². The number of hydrogen-bond donors (Lipinski definition) is 1. The van der Waals surface area contributed by atoms with Gasteiger partial charge in [-0.05, 0) is 51.4 Å². The maximum atomic E-state index is 5.41. The van der Waals surface area contributed by atoms with E-state index in [1.54, 1.807) is 6.26 Å². The highest BCUT2D eigenvalue weighted by Gasteiger charge is 2.14. The van der Waals surface area contributed by atoms with Crippen LogP contribution in [0.2, 0.25) is 0 Å². The molecule has 0 radical (unpaired) electrons. The van der Waals surface area contributed by atoms with E-state index in [4.69, 9.17) is 4.42 Å². The first-order chi connectivity index (χ1) is 7.75. The van der Waals surface area contributed by atoms with E-state index in [1.165, 1.54) is 31.5 Å². The molecule has 0 amide bonds. The first kappa shape index (κ1) is 11.7. The summed E-state index contributed by atoms with van der Waals surface area (Å²) in [7, 11) is 0. The molecular weight excluding hydrogens is 200 g/mol. The van der Waals surface area contributed by atoms with Crippen molar-refractivity contribution in [2.24, 2.45) is 0 Å².